The summed E-state index contributed by atoms with van der Waals surface area (Å²) in [5, 5.41) is 0. The molecule has 1 aromatic carbocycles. The molecule has 1 atom stereocenters. The summed E-state index contributed by atoms with van der Waals surface area (Å²) in [6.45, 7) is 10.6. The van der Waals surface area contributed by atoms with E-state index < -0.39 is 29.3 Å². The number of ether oxygens (including phenoxy) is 2. The molecule has 1 saturated heterocycles. The first-order valence-electron chi connectivity index (χ1n) is 13.9. The van der Waals surface area contributed by atoms with Gasteiger partial charge in [-0.1, -0.05) is 13.8 Å². The Hall–Kier alpha value is -2.11. The standard InChI is InChI=1S/C30H42FNO4/c1-18(2)22-12-23(27(33)32-8-6-7-25(32)28(34)36-29(3,4)5)24(31)13-26(22)35-17-30-14-19-9-20(15-30)11-21(10-19)16-30/h12-13,18-21,25H,6-11,14-17H2,1-5H3. The first-order chi connectivity index (χ1) is 16.9. The number of amides is 1. The minimum atomic E-state index is -0.675. The number of hydrogen-bond donors (Lipinski definition) is 0. The molecule has 1 amide bonds. The molecule has 5 aliphatic rings. The highest BCUT2D eigenvalue weighted by molar-refractivity contribution is 5.97. The predicted molar refractivity (Wildman–Crippen MR) is 136 cm³/mol. The van der Waals surface area contributed by atoms with Crippen LogP contribution in [0, 0.1) is 29.0 Å². The van der Waals surface area contributed by atoms with Crippen LogP contribution in [0.5, 0.6) is 5.75 Å². The maximum atomic E-state index is 15.4. The van der Waals surface area contributed by atoms with Gasteiger partial charge in [-0.3, -0.25) is 4.79 Å². The van der Waals surface area contributed by atoms with Crippen molar-refractivity contribution in [2.45, 2.75) is 104 Å². The summed E-state index contributed by atoms with van der Waals surface area (Å²) in [6, 6.07) is 2.38. The SMILES string of the molecule is CC(C)c1cc(C(=O)N2CCCC2C(=O)OC(C)(C)C)c(F)cc1OCC12CC3CC(CC(C3)C1)C2. The average Bonchev–Trinajstić information content (AvgIpc) is 3.25. The predicted octanol–water partition coefficient (Wildman–Crippen LogP) is 6.49. The summed E-state index contributed by atoms with van der Waals surface area (Å²) in [4.78, 5) is 27.7. The third-order valence-electron chi connectivity index (χ3n) is 8.84. The van der Waals surface area contributed by atoms with Crippen LogP contribution in [-0.2, 0) is 9.53 Å². The topological polar surface area (TPSA) is 55.8 Å². The Kier molecular flexibility index (Phi) is 6.61. The summed E-state index contributed by atoms with van der Waals surface area (Å²) in [6.07, 6.45) is 9.06. The van der Waals surface area contributed by atoms with Gasteiger partial charge in [0.15, 0.2) is 0 Å². The highest BCUT2D eigenvalue weighted by atomic mass is 19.1. The fourth-order valence-electron chi connectivity index (χ4n) is 7.79. The van der Waals surface area contributed by atoms with Crippen LogP contribution in [0.2, 0.25) is 0 Å². The van der Waals surface area contributed by atoms with E-state index in [0.29, 0.717) is 31.7 Å². The van der Waals surface area contributed by atoms with Crippen molar-refractivity contribution in [3.05, 3.63) is 29.1 Å². The summed E-state index contributed by atoms with van der Waals surface area (Å²) in [5.74, 6) is 1.67. The van der Waals surface area contributed by atoms with Crippen LogP contribution >= 0.6 is 0 Å². The Bertz CT molecular complexity index is 991. The first-order valence-corrected chi connectivity index (χ1v) is 13.9. The monoisotopic (exact) mass is 499 g/mol. The zero-order valence-electron chi connectivity index (χ0n) is 22.6. The van der Waals surface area contributed by atoms with Gasteiger partial charge in [0.05, 0.1) is 12.2 Å². The number of hydrogen-bond acceptors (Lipinski definition) is 4. The van der Waals surface area contributed by atoms with Crippen molar-refractivity contribution in [2.75, 3.05) is 13.2 Å². The molecule has 1 aliphatic heterocycles. The van der Waals surface area contributed by atoms with Gasteiger partial charge in [0.25, 0.3) is 5.91 Å². The second-order valence-corrected chi connectivity index (χ2v) is 13.4. The molecule has 1 heterocycles. The quantitative estimate of drug-likeness (QED) is 0.420. The molecule has 36 heavy (non-hydrogen) atoms. The number of carbonyl (C=O) groups is 2. The van der Waals surface area contributed by atoms with Crippen molar-refractivity contribution in [1.82, 2.24) is 4.90 Å². The van der Waals surface area contributed by atoms with Crippen molar-refractivity contribution in [3.63, 3.8) is 0 Å². The van der Waals surface area contributed by atoms with Crippen molar-refractivity contribution < 1.29 is 23.5 Å². The minimum absolute atomic E-state index is 0.0105. The van der Waals surface area contributed by atoms with Crippen molar-refractivity contribution in [3.8, 4) is 5.75 Å². The Balaban J connectivity index is 1.34. The van der Waals surface area contributed by atoms with E-state index in [9.17, 15) is 9.59 Å². The molecule has 0 radical (unpaired) electrons. The number of carbonyl (C=O) groups excluding carboxylic acids is 2. The van der Waals surface area contributed by atoms with E-state index >= 15 is 4.39 Å². The summed E-state index contributed by atoms with van der Waals surface area (Å²) in [7, 11) is 0. The van der Waals surface area contributed by atoms with Crippen LogP contribution in [0.4, 0.5) is 4.39 Å². The fraction of sp³-hybridized carbons (Fsp3) is 0.733. The van der Waals surface area contributed by atoms with Crippen LogP contribution in [0.15, 0.2) is 12.1 Å². The van der Waals surface area contributed by atoms with E-state index in [0.717, 1.165) is 23.3 Å². The smallest absolute Gasteiger partial charge is 0.329 e. The summed E-state index contributed by atoms with van der Waals surface area (Å²) in [5.41, 5.74) is 0.443. The number of rotatable bonds is 6. The largest absolute Gasteiger partial charge is 0.493 e. The molecule has 4 saturated carbocycles. The number of halogens is 1. The molecule has 0 spiro atoms. The summed E-state index contributed by atoms with van der Waals surface area (Å²) < 4.78 is 27.4. The molecule has 0 N–H and O–H groups in total. The van der Waals surface area contributed by atoms with Crippen LogP contribution in [0.1, 0.15) is 108 Å². The third-order valence-corrected chi connectivity index (χ3v) is 8.84. The lowest BCUT2D eigenvalue weighted by Gasteiger charge is -2.56. The van der Waals surface area contributed by atoms with E-state index in [4.69, 9.17) is 9.47 Å². The fourth-order valence-corrected chi connectivity index (χ4v) is 7.79. The van der Waals surface area contributed by atoms with Gasteiger partial charge in [-0.25, -0.2) is 9.18 Å². The molecule has 4 aliphatic carbocycles. The van der Waals surface area contributed by atoms with Crippen LogP contribution < -0.4 is 4.74 Å². The zero-order chi connectivity index (χ0) is 25.8. The molecule has 198 valence electrons. The molecule has 1 unspecified atom stereocenters. The lowest BCUT2D eigenvalue weighted by atomic mass is 9.50. The molecule has 4 bridgehead atoms. The number of likely N-dealkylation sites (tertiary alicyclic amines) is 1. The molecule has 6 rings (SSSR count). The molecule has 6 heteroatoms. The lowest BCUT2D eigenvalue weighted by Crippen LogP contribution is -2.48. The van der Waals surface area contributed by atoms with Gasteiger partial charge in [-0.2, -0.15) is 0 Å². The van der Waals surface area contributed by atoms with Crippen molar-refractivity contribution in [1.29, 1.82) is 0 Å². The molecule has 1 aromatic rings. The normalized spacial score (nSPS) is 31.2. The Morgan fingerprint density at radius 1 is 1.08 bits per heavy atom. The van der Waals surface area contributed by atoms with E-state index in [1.807, 2.05) is 34.6 Å². The maximum Gasteiger partial charge on any atom is 0.329 e. The third kappa shape index (κ3) is 5.02. The Labute approximate surface area is 215 Å². The van der Waals surface area contributed by atoms with Gasteiger partial charge in [0.2, 0.25) is 0 Å². The van der Waals surface area contributed by atoms with E-state index in [1.165, 1.54) is 49.5 Å². The lowest BCUT2D eigenvalue weighted by molar-refractivity contribution is -0.159. The number of benzene rings is 1. The number of nitrogens with zero attached hydrogens (tertiary/aromatic N) is 1. The van der Waals surface area contributed by atoms with Crippen molar-refractivity contribution in [2.24, 2.45) is 23.2 Å². The second-order valence-electron chi connectivity index (χ2n) is 13.4. The van der Waals surface area contributed by atoms with E-state index in [1.54, 1.807) is 6.07 Å². The van der Waals surface area contributed by atoms with Gasteiger partial charge >= 0.3 is 5.97 Å². The van der Waals surface area contributed by atoms with Crippen LogP contribution in [0.25, 0.3) is 0 Å². The van der Waals surface area contributed by atoms with Gasteiger partial charge < -0.3 is 14.4 Å². The Morgan fingerprint density at radius 2 is 1.69 bits per heavy atom. The Morgan fingerprint density at radius 3 is 2.25 bits per heavy atom. The van der Waals surface area contributed by atoms with Gasteiger partial charge in [-0.15, -0.1) is 0 Å². The molecular formula is C30H42FNO4. The molecule has 5 nitrogen and oxygen atoms in total. The molecular weight excluding hydrogens is 457 g/mol. The molecule has 5 fully saturated rings. The average molecular weight is 500 g/mol. The van der Waals surface area contributed by atoms with Gasteiger partial charge in [0.1, 0.15) is 23.2 Å². The van der Waals surface area contributed by atoms with Gasteiger partial charge in [-0.05, 0) is 107 Å². The van der Waals surface area contributed by atoms with Crippen molar-refractivity contribution >= 4 is 11.9 Å². The summed E-state index contributed by atoms with van der Waals surface area (Å²) >= 11 is 0. The first kappa shape index (κ1) is 25.5. The number of esters is 1. The minimum Gasteiger partial charge on any atom is -0.493 e. The van der Waals surface area contributed by atoms with E-state index in [2.05, 4.69) is 0 Å². The van der Waals surface area contributed by atoms with E-state index in [-0.39, 0.29) is 16.9 Å². The van der Waals surface area contributed by atoms with Crippen LogP contribution in [-0.4, -0.2) is 41.6 Å². The highest BCUT2D eigenvalue weighted by Gasteiger charge is 2.51. The van der Waals surface area contributed by atoms with Crippen LogP contribution in [0.3, 0.4) is 0 Å². The maximum absolute atomic E-state index is 15.4. The molecule has 0 aromatic heterocycles. The highest BCUT2D eigenvalue weighted by Crippen LogP contribution is 2.60. The van der Waals surface area contributed by atoms with Gasteiger partial charge in [0, 0.05) is 18.0 Å². The zero-order valence-corrected chi connectivity index (χ0v) is 22.6. The second kappa shape index (κ2) is 9.33.